The fourth-order valence-electron chi connectivity index (χ4n) is 3.42. The summed E-state index contributed by atoms with van der Waals surface area (Å²) >= 11 is 6.74. The largest absolute Gasteiger partial charge is 0.489 e. The lowest BCUT2D eigenvalue weighted by atomic mass is 10.1. The molecule has 0 bridgehead atoms. The summed E-state index contributed by atoms with van der Waals surface area (Å²) in [4.78, 5) is 26.4. The van der Waals surface area contributed by atoms with E-state index in [0.717, 1.165) is 36.1 Å². The standard InChI is InChI=1S/C26H29NO4S2/c1-3-30-24(28)10-5-4-6-15-27-25(29)23(33-26(27)32)17-20-11-13-22(14-12-20)31-18-21-9-7-8-19(2)16-21/h7-9,11-14,16-17H,3-6,10,15,18H2,1-2H3/b23-17+. The van der Waals surface area contributed by atoms with E-state index >= 15 is 0 Å². The summed E-state index contributed by atoms with van der Waals surface area (Å²) in [6.45, 7) is 5.35. The number of carbonyl (C=O) groups excluding carboxylic acids is 2. The fraction of sp³-hybridized carbons (Fsp3) is 0.346. The van der Waals surface area contributed by atoms with E-state index in [2.05, 4.69) is 19.1 Å². The number of thioether (sulfide) groups is 1. The number of ether oxygens (including phenoxy) is 2. The zero-order valence-corrected chi connectivity index (χ0v) is 20.7. The minimum Gasteiger partial charge on any atom is -0.489 e. The van der Waals surface area contributed by atoms with Crippen molar-refractivity contribution in [1.29, 1.82) is 0 Å². The first-order valence-corrected chi connectivity index (χ1v) is 12.4. The van der Waals surface area contributed by atoms with Crippen LogP contribution in [0, 0.1) is 6.92 Å². The molecule has 33 heavy (non-hydrogen) atoms. The van der Waals surface area contributed by atoms with Crippen LogP contribution in [0.4, 0.5) is 0 Å². The molecule has 0 saturated carbocycles. The topological polar surface area (TPSA) is 55.8 Å². The van der Waals surface area contributed by atoms with E-state index in [4.69, 9.17) is 21.7 Å². The van der Waals surface area contributed by atoms with Crippen molar-refractivity contribution in [3.05, 3.63) is 70.1 Å². The van der Waals surface area contributed by atoms with Crippen LogP contribution in [0.25, 0.3) is 6.08 Å². The Labute approximate surface area is 205 Å². The molecule has 0 N–H and O–H groups in total. The van der Waals surface area contributed by atoms with E-state index in [-0.39, 0.29) is 11.9 Å². The minimum atomic E-state index is -0.169. The lowest BCUT2D eigenvalue weighted by Gasteiger charge is -2.13. The quantitative estimate of drug-likeness (QED) is 0.172. The molecule has 1 aliphatic rings. The Morgan fingerprint density at radius 1 is 1.12 bits per heavy atom. The summed E-state index contributed by atoms with van der Waals surface area (Å²) in [6.07, 6.45) is 4.67. The molecule has 174 valence electrons. The van der Waals surface area contributed by atoms with Gasteiger partial charge >= 0.3 is 5.97 Å². The molecule has 1 amide bonds. The van der Waals surface area contributed by atoms with Crippen LogP contribution in [0.1, 0.15) is 49.3 Å². The third-order valence-corrected chi connectivity index (χ3v) is 6.49. The molecular formula is C26H29NO4S2. The summed E-state index contributed by atoms with van der Waals surface area (Å²) in [5.41, 5.74) is 3.26. The number of benzene rings is 2. The summed E-state index contributed by atoms with van der Waals surface area (Å²) in [6, 6.07) is 15.9. The van der Waals surface area contributed by atoms with Crippen LogP contribution < -0.4 is 4.74 Å². The Balaban J connectivity index is 1.48. The van der Waals surface area contributed by atoms with Crippen molar-refractivity contribution in [2.24, 2.45) is 0 Å². The van der Waals surface area contributed by atoms with E-state index in [1.54, 1.807) is 11.8 Å². The lowest BCUT2D eigenvalue weighted by Crippen LogP contribution is -2.29. The molecular weight excluding hydrogens is 454 g/mol. The van der Waals surface area contributed by atoms with Crippen LogP contribution in [0.5, 0.6) is 5.75 Å². The maximum absolute atomic E-state index is 12.8. The molecule has 0 spiro atoms. The van der Waals surface area contributed by atoms with Gasteiger partial charge in [0, 0.05) is 13.0 Å². The molecule has 7 heteroatoms. The number of unbranched alkanes of at least 4 members (excludes halogenated alkanes) is 2. The molecule has 1 aliphatic heterocycles. The summed E-state index contributed by atoms with van der Waals surface area (Å²) in [7, 11) is 0. The Kier molecular flexibility index (Phi) is 9.51. The van der Waals surface area contributed by atoms with Gasteiger partial charge in [0.2, 0.25) is 0 Å². The predicted molar refractivity (Wildman–Crippen MR) is 137 cm³/mol. The first kappa shape index (κ1) is 25.0. The smallest absolute Gasteiger partial charge is 0.305 e. The van der Waals surface area contributed by atoms with E-state index < -0.39 is 0 Å². The number of rotatable bonds is 11. The number of hydrogen-bond donors (Lipinski definition) is 0. The van der Waals surface area contributed by atoms with Gasteiger partial charge in [0.15, 0.2) is 0 Å². The second kappa shape index (κ2) is 12.6. The maximum atomic E-state index is 12.8. The molecule has 1 fully saturated rings. The Morgan fingerprint density at radius 2 is 1.91 bits per heavy atom. The van der Waals surface area contributed by atoms with Gasteiger partial charge in [0.25, 0.3) is 5.91 Å². The maximum Gasteiger partial charge on any atom is 0.305 e. The SMILES string of the molecule is CCOC(=O)CCCCCN1C(=O)/C(=C\c2ccc(OCc3cccc(C)c3)cc2)SC1=S. The van der Waals surface area contributed by atoms with E-state index in [1.165, 1.54) is 17.3 Å². The third kappa shape index (κ3) is 7.72. The van der Waals surface area contributed by atoms with Gasteiger partial charge < -0.3 is 9.47 Å². The van der Waals surface area contributed by atoms with Crippen LogP contribution in [-0.2, 0) is 20.9 Å². The number of hydrogen-bond acceptors (Lipinski definition) is 6. The predicted octanol–water partition coefficient (Wildman–Crippen LogP) is 5.90. The van der Waals surface area contributed by atoms with Gasteiger partial charge in [-0.2, -0.15) is 0 Å². The summed E-state index contributed by atoms with van der Waals surface area (Å²) in [5, 5.41) is 0. The molecule has 2 aromatic carbocycles. The molecule has 0 aromatic heterocycles. The van der Waals surface area contributed by atoms with Gasteiger partial charge in [-0.15, -0.1) is 0 Å². The molecule has 5 nitrogen and oxygen atoms in total. The van der Waals surface area contributed by atoms with Crippen LogP contribution in [0.15, 0.2) is 53.4 Å². The monoisotopic (exact) mass is 483 g/mol. The molecule has 3 rings (SSSR count). The van der Waals surface area contributed by atoms with Gasteiger partial charge in [-0.05, 0) is 56.0 Å². The highest BCUT2D eigenvalue weighted by molar-refractivity contribution is 8.26. The van der Waals surface area contributed by atoms with Gasteiger partial charge in [0.05, 0.1) is 11.5 Å². The molecule has 0 atom stereocenters. The van der Waals surface area contributed by atoms with Crippen molar-refractivity contribution in [3.63, 3.8) is 0 Å². The number of aryl methyl sites for hydroxylation is 1. The van der Waals surface area contributed by atoms with Crippen molar-refractivity contribution >= 4 is 46.3 Å². The molecule has 1 saturated heterocycles. The summed E-state index contributed by atoms with van der Waals surface area (Å²) in [5.74, 6) is 0.553. The van der Waals surface area contributed by atoms with Crippen LogP contribution in [0.2, 0.25) is 0 Å². The lowest BCUT2D eigenvalue weighted by molar-refractivity contribution is -0.143. The van der Waals surface area contributed by atoms with Gasteiger partial charge in [0.1, 0.15) is 16.7 Å². The second-order valence-corrected chi connectivity index (χ2v) is 9.47. The Hall–Kier alpha value is -2.64. The highest BCUT2D eigenvalue weighted by Crippen LogP contribution is 2.33. The van der Waals surface area contributed by atoms with Crippen molar-refractivity contribution in [1.82, 2.24) is 4.90 Å². The molecule has 2 aromatic rings. The van der Waals surface area contributed by atoms with Crippen LogP contribution in [-0.4, -0.2) is 34.2 Å². The average molecular weight is 484 g/mol. The first-order valence-electron chi connectivity index (χ1n) is 11.2. The molecule has 0 radical (unpaired) electrons. The number of nitrogens with zero attached hydrogens (tertiary/aromatic N) is 1. The average Bonchev–Trinajstić information content (AvgIpc) is 3.06. The van der Waals surface area contributed by atoms with Crippen LogP contribution in [0.3, 0.4) is 0 Å². The number of amides is 1. The number of carbonyl (C=O) groups is 2. The third-order valence-electron chi connectivity index (χ3n) is 5.11. The number of thiocarbonyl (C=S) groups is 1. The van der Waals surface area contributed by atoms with Crippen molar-refractivity contribution < 1.29 is 19.1 Å². The van der Waals surface area contributed by atoms with Gasteiger partial charge in [-0.3, -0.25) is 14.5 Å². The highest BCUT2D eigenvalue weighted by Gasteiger charge is 2.31. The molecule has 0 unspecified atom stereocenters. The fourth-order valence-corrected chi connectivity index (χ4v) is 4.73. The number of esters is 1. The van der Waals surface area contributed by atoms with E-state index in [9.17, 15) is 9.59 Å². The van der Waals surface area contributed by atoms with Crippen LogP contribution >= 0.6 is 24.0 Å². The normalized spacial score (nSPS) is 14.7. The highest BCUT2D eigenvalue weighted by atomic mass is 32.2. The van der Waals surface area contributed by atoms with Gasteiger partial charge in [-0.1, -0.05) is 72.4 Å². The van der Waals surface area contributed by atoms with Crippen molar-refractivity contribution in [3.8, 4) is 5.75 Å². The van der Waals surface area contributed by atoms with E-state index in [1.807, 2.05) is 42.5 Å². The summed E-state index contributed by atoms with van der Waals surface area (Å²) < 4.78 is 11.4. The zero-order chi connectivity index (χ0) is 23.6. The van der Waals surface area contributed by atoms with E-state index in [0.29, 0.717) is 35.4 Å². The Morgan fingerprint density at radius 3 is 2.64 bits per heavy atom. The van der Waals surface area contributed by atoms with Gasteiger partial charge in [-0.25, -0.2) is 0 Å². The molecule has 0 aliphatic carbocycles. The van der Waals surface area contributed by atoms with Crippen molar-refractivity contribution in [2.75, 3.05) is 13.2 Å². The second-order valence-electron chi connectivity index (χ2n) is 7.80. The minimum absolute atomic E-state index is 0.0600. The Bertz CT molecular complexity index is 1020. The zero-order valence-electron chi connectivity index (χ0n) is 19.0. The van der Waals surface area contributed by atoms with Crippen molar-refractivity contribution in [2.45, 2.75) is 46.1 Å². The first-order chi connectivity index (χ1) is 16.0. The molecule has 1 heterocycles.